The lowest BCUT2D eigenvalue weighted by Gasteiger charge is -2.19. The van der Waals surface area contributed by atoms with Gasteiger partial charge in [-0.1, -0.05) is 30.3 Å². The van der Waals surface area contributed by atoms with Crippen molar-refractivity contribution in [3.8, 4) is 5.75 Å². The third kappa shape index (κ3) is 4.50. The van der Waals surface area contributed by atoms with E-state index in [1.807, 2.05) is 70.2 Å². The van der Waals surface area contributed by atoms with Crippen molar-refractivity contribution < 1.29 is 13.9 Å². The molecule has 0 atom stereocenters. The molecule has 0 aliphatic heterocycles. The summed E-state index contributed by atoms with van der Waals surface area (Å²) >= 11 is 0. The maximum Gasteiger partial charge on any atom is 0.340 e. The van der Waals surface area contributed by atoms with Crippen LogP contribution >= 0.6 is 0 Å². The number of aryl methyl sites for hydroxylation is 2. The van der Waals surface area contributed by atoms with Crippen LogP contribution in [0.3, 0.4) is 0 Å². The average molecular weight is 393 g/mol. The Morgan fingerprint density at radius 1 is 1.07 bits per heavy atom. The Bertz CT molecular complexity index is 1070. The fourth-order valence-electron chi connectivity index (χ4n) is 3.56. The summed E-state index contributed by atoms with van der Waals surface area (Å²) in [6.45, 7) is 8.94. The molecule has 5 heteroatoms. The molecule has 0 unspecified atom stereocenters. The van der Waals surface area contributed by atoms with Crippen molar-refractivity contribution in [1.82, 2.24) is 4.90 Å². The van der Waals surface area contributed by atoms with Crippen molar-refractivity contribution >= 4 is 16.9 Å². The molecule has 2 aromatic carbocycles. The normalized spacial score (nSPS) is 10.9. The van der Waals surface area contributed by atoms with Gasteiger partial charge in [0, 0.05) is 25.1 Å². The number of amides is 1. The molecular formula is C24H27NO4. The molecule has 152 valence electrons. The maximum absolute atomic E-state index is 12.6. The van der Waals surface area contributed by atoms with Gasteiger partial charge in [0.25, 0.3) is 5.91 Å². The molecule has 0 bridgehead atoms. The van der Waals surface area contributed by atoms with E-state index in [0.29, 0.717) is 36.4 Å². The Kier molecular flexibility index (Phi) is 6.37. The highest BCUT2D eigenvalue weighted by Gasteiger charge is 2.18. The van der Waals surface area contributed by atoms with Crippen LogP contribution in [-0.2, 0) is 11.2 Å². The van der Waals surface area contributed by atoms with Crippen LogP contribution in [0.25, 0.3) is 11.0 Å². The fraction of sp³-hybridized carbons (Fsp3) is 0.333. The molecule has 0 aliphatic carbocycles. The number of fused-ring (bicyclic) bond motifs is 1. The van der Waals surface area contributed by atoms with E-state index in [1.54, 1.807) is 4.90 Å². The minimum Gasteiger partial charge on any atom is -0.483 e. The van der Waals surface area contributed by atoms with Gasteiger partial charge in [-0.3, -0.25) is 4.79 Å². The number of nitrogens with zero attached hydrogens (tertiary/aromatic N) is 1. The van der Waals surface area contributed by atoms with E-state index in [2.05, 4.69) is 0 Å². The number of carbonyl (C=O) groups is 1. The Labute approximate surface area is 170 Å². The highest BCUT2D eigenvalue weighted by atomic mass is 16.5. The van der Waals surface area contributed by atoms with E-state index in [4.69, 9.17) is 9.15 Å². The lowest BCUT2D eigenvalue weighted by atomic mass is 9.98. The van der Waals surface area contributed by atoms with Crippen LogP contribution in [0.15, 0.2) is 51.7 Å². The van der Waals surface area contributed by atoms with E-state index >= 15 is 0 Å². The topological polar surface area (TPSA) is 59.8 Å². The van der Waals surface area contributed by atoms with Gasteiger partial charge in [0.15, 0.2) is 6.61 Å². The number of rotatable bonds is 7. The summed E-state index contributed by atoms with van der Waals surface area (Å²) in [5.41, 5.74) is 3.51. The molecule has 0 fully saturated rings. The van der Waals surface area contributed by atoms with E-state index < -0.39 is 0 Å². The van der Waals surface area contributed by atoms with Gasteiger partial charge in [-0.2, -0.15) is 0 Å². The van der Waals surface area contributed by atoms with Crippen LogP contribution in [0.4, 0.5) is 0 Å². The Hall–Kier alpha value is -3.08. The third-order valence-electron chi connectivity index (χ3n) is 5.18. The molecule has 0 radical (unpaired) electrons. The lowest BCUT2D eigenvalue weighted by molar-refractivity contribution is -0.132. The molecule has 0 aliphatic rings. The van der Waals surface area contributed by atoms with Crippen LogP contribution in [0.2, 0.25) is 0 Å². The number of hydrogen-bond acceptors (Lipinski definition) is 4. The van der Waals surface area contributed by atoms with Crippen molar-refractivity contribution in [2.24, 2.45) is 0 Å². The number of benzene rings is 2. The quantitative estimate of drug-likeness (QED) is 0.563. The van der Waals surface area contributed by atoms with Crippen LogP contribution in [0, 0.1) is 13.8 Å². The largest absolute Gasteiger partial charge is 0.483 e. The first-order valence-electron chi connectivity index (χ1n) is 9.96. The number of likely N-dealkylation sites (N-methyl/N-ethyl adjacent to an activating group) is 1. The van der Waals surface area contributed by atoms with Crippen molar-refractivity contribution in [3.63, 3.8) is 0 Å². The predicted molar refractivity (Wildman–Crippen MR) is 115 cm³/mol. The second-order valence-electron chi connectivity index (χ2n) is 7.15. The summed E-state index contributed by atoms with van der Waals surface area (Å²) in [4.78, 5) is 26.7. The van der Waals surface area contributed by atoms with Crippen molar-refractivity contribution in [1.29, 1.82) is 0 Å². The number of hydrogen-bond donors (Lipinski definition) is 0. The van der Waals surface area contributed by atoms with E-state index in [9.17, 15) is 9.59 Å². The highest BCUT2D eigenvalue weighted by Crippen LogP contribution is 2.31. The monoisotopic (exact) mass is 393 g/mol. The molecule has 0 spiro atoms. The van der Waals surface area contributed by atoms with Gasteiger partial charge in [0.1, 0.15) is 11.3 Å². The highest BCUT2D eigenvalue weighted by molar-refractivity contribution is 5.89. The van der Waals surface area contributed by atoms with Gasteiger partial charge in [-0.05, 0) is 56.5 Å². The molecule has 5 nitrogen and oxygen atoms in total. The van der Waals surface area contributed by atoms with Gasteiger partial charge in [0.2, 0.25) is 0 Å². The Balaban J connectivity index is 2.02. The number of ether oxygens (including phenoxy) is 1. The second-order valence-corrected chi connectivity index (χ2v) is 7.15. The third-order valence-corrected chi connectivity index (χ3v) is 5.18. The van der Waals surface area contributed by atoms with Crippen molar-refractivity contribution in [2.45, 2.75) is 34.1 Å². The summed E-state index contributed by atoms with van der Waals surface area (Å²) in [5, 5.41) is 0.744. The van der Waals surface area contributed by atoms with Crippen LogP contribution < -0.4 is 10.4 Å². The van der Waals surface area contributed by atoms with Crippen LogP contribution in [-0.4, -0.2) is 30.5 Å². The summed E-state index contributed by atoms with van der Waals surface area (Å²) in [5.74, 6) is 0.500. The molecule has 1 aromatic heterocycles. The predicted octanol–water partition coefficient (Wildman–Crippen LogP) is 4.25. The van der Waals surface area contributed by atoms with E-state index in [1.165, 1.54) is 0 Å². The van der Waals surface area contributed by atoms with Gasteiger partial charge < -0.3 is 14.1 Å². The molecule has 0 saturated heterocycles. The molecule has 1 heterocycles. The van der Waals surface area contributed by atoms with Crippen LogP contribution in [0.5, 0.6) is 5.75 Å². The minimum atomic E-state index is -0.338. The van der Waals surface area contributed by atoms with E-state index in [0.717, 1.165) is 22.1 Å². The molecule has 0 saturated carbocycles. The van der Waals surface area contributed by atoms with E-state index in [-0.39, 0.29) is 18.1 Å². The number of carbonyl (C=O) groups excluding carboxylic acids is 1. The standard InChI is InChI=1S/C24H27NO4/c1-5-25(6-2)22(26)15-28-20-12-16(3)13-21-23(20)17(4)19(24(27)29-21)14-18-10-8-7-9-11-18/h7-13H,5-6,14-15H2,1-4H3. The van der Waals surface area contributed by atoms with Gasteiger partial charge in [-0.15, -0.1) is 0 Å². The fourth-order valence-corrected chi connectivity index (χ4v) is 3.56. The minimum absolute atomic E-state index is 0.0488. The molecular weight excluding hydrogens is 366 g/mol. The summed E-state index contributed by atoms with van der Waals surface area (Å²) < 4.78 is 11.6. The SMILES string of the molecule is CCN(CC)C(=O)COc1cc(C)cc2oc(=O)c(Cc3ccccc3)c(C)c12. The molecule has 0 N–H and O–H groups in total. The smallest absolute Gasteiger partial charge is 0.340 e. The van der Waals surface area contributed by atoms with Crippen molar-refractivity contribution in [2.75, 3.05) is 19.7 Å². The Morgan fingerprint density at radius 2 is 1.76 bits per heavy atom. The lowest BCUT2D eigenvalue weighted by Crippen LogP contribution is -2.34. The first kappa shape index (κ1) is 20.6. The summed E-state index contributed by atoms with van der Waals surface area (Å²) in [6, 6.07) is 13.5. The first-order chi connectivity index (χ1) is 13.9. The molecule has 1 amide bonds. The zero-order chi connectivity index (χ0) is 21.0. The van der Waals surface area contributed by atoms with Gasteiger partial charge in [0.05, 0.1) is 5.39 Å². The zero-order valence-corrected chi connectivity index (χ0v) is 17.5. The molecule has 29 heavy (non-hydrogen) atoms. The Morgan fingerprint density at radius 3 is 2.41 bits per heavy atom. The first-order valence-corrected chi connectivity index (χ1v) is 9.96. The molecule has 3 rings (SSSR count). The van der Waals surface area contributed by atoms with Crippen LogP contribution in [0.1, 0.15) is 36.1 Å². The summed E-state index contributed by atoms with van der Waals surface area (Å²) in [7, 11) is 0. The van der Waals surface area contributed by atoms with Crippen molar-refractivity contribution in [3.05, 3.63) is 75.1 Å². The zero-order valence-electron chi connectivity index (χ0n) is 17.5. The maximum atomic E-state index is 12.6. The van der Waals surface area contributed by atoms with Gasteiger partial charge in [-0.25, -0.2) is 4.79 Å². The second kappa shape index (κ2) is 8.95. The molecule has 3 aromatic rings. The van der Waals surface area contributed by atoms with Gasteiger partial charge >= 0.3 is 5.63 Å². The summed E-state index contributed by atoms with van der Waals surface area (Å²) in [6.07, 6.45) is 0.483. The average Bonchev–Trinajstić information content (AvgIpc) is 2.70.